The summed E-state index contributed by atoms with van der Waals surface area (Å²) < 4.78 is 8.00. The van der Waals surface area contributed by atoms with Crippen molar-refractivity contribution < 1.29 is 9.84 Å². The second-order valence-electron chi connectivity index (χ2n) is 6.05. The number of hydrogen-bond donors (Lipinski definition) is 1. The fourth-order valence-corrected chi connectivity index (χ4v) is 3.63. The van der Waals surface area contributed by atoms with Crippen molar-refractivity contribution in [2.75, 3.05) is 7.11 Å². The van der Waals surface area contributed by atoms with Crippen LogP contribution in [0.3, 0.4) is 0 Å². The van der Waals surface area contributed by atoms with Crippen LogP contribution in [-0.2, 0) is 12.2 Å². The summed E-state index contributed by atoms with van der Waals surface area (Å²) in [6.07, 6.45) is 3.47. The zero-order valence-corrected chi connectivity index (χ0v) is 18.1. The summed E-state index contributed by atoms with van der Waals surface area (Å²) in [5, 5.41) is 23.7. The van der Waals surface area contributed by atoms with E-state index in [0.717, 1.165) is 39.6 Å². The van der Waals surface area contributed by atoms with E-state index in [4.69, 9.17) is 4.74 Å². The van der Waals surface area contributed by atoms with Crippen molar-refractivity contribution in [1.29, 1.82) is 0 Å². The van der Waals surface area contributed by atoms with Crippen LogP contribution in [0.4, 0.5) is 0 Å². The molecule has 0 spiro atoms. The molecule has 1 aromatic heterocycles. The van der Waals surface area contributed by atoms with Gasteiger partial charge in [-0.2, -0.15) is 9.78 Å². The number of thioether (sulfide) groups is 1. The molecule has 0 fully saturated rings. The van der Waals surface area contributed by atoms with Gasteiger partial charge in [-0.25, -0.2) is 0 Å². The summed E-state index contributed by atoms with van der Waals surface area (Å²) in [5.41, 5.74) is 2.02. The Kier molecular flexibility index (Phi) is 7.11. The monoisotopic (exact) mass is 460 g/mol. The lowest BCUT2D eigenvalue weighted by atomic mass is 10.2. The highest BCUT2D eigenvalue weighted by Gasteiger charge is 2.12. The van der Waals surface area contributed by atoms with Crippen molar-refractivity contribution >= 4 is 33.9 Å². The van der Waals surface area contributed by atoms with Gasteiger partial charge in [0, 0.05) is 16.6 Å². The number of phenolic OH excluding ortho intramolecular Hbond substituents is 1. The molecule has 1 heterocycles. The van der Waals surface area contributed by atoms with Crippen molar-refractivity contribution in [1.82, 2.24) is 14.9 Å². The highest BCUT2D eigenvalue weighted by molar-refractivity contribution is 9.10. The fourth-order valence-electron chi connectivity index (χ4n) is 2.51. The number of rotatable bonds is 8. The molecule has 0 saturated heterocycles. The van der Waals surface area contributed by atoms with Crippen LogP contribution in [0.5, 0.6) is 11.5 Å². The van der Waals surface area contributed by atoms with Gasteiger partial charge in [0.05, 0.1) is 13.3 Å². The summed E-state index contributed by atoms with van der Waals surface area (Å²) in [6, 6.07) is 13.3. The third kappa shape index (κ3) is 5.14. The number of aromatic nitrogens is 3. The Balaban J connectivity index is 1.82. The van der Waals surface area contributed by atoms with Gasteiger partial charge in [0.15, 0.2) is 17.3 Å². The standard InChI is InChI=1S/C20H21BrN4O2S/c1-3-4-19-23-24-20(28-13-14-5-8-16(21)9-6-14)25(19)22-12-15-7-10-17(26)18(11-15)27-2/h5-12,26H,3-4,13H2,1-2H3/b22-12+. The first-order valence-corrected chi connectivity index (χ1v) is 10.6. The van der Waals surface area contributed by atoms with E-state index in [0.29, 0.717) is 5.75 Å². The van der Waals surface area contributed by atoms with E-state index >= 15 is 0 Å². The van der Waals surface area contributed by atoms with Crippen LogP contribution in [0.2, 0.25) is 0 Å². The van der Waals surface area contributed by atoms with Gasteiger partial charge in [0.25, 0.3) is 0 Å². The molecular weight excluding hydrogens is 440 g/mol. The molecule has 146 valence electrons. The number of aryl methyl sites for hydroxylation is 1. The van der Waals surface area contributed by atoms with E-state index in [9.17, 15) is 5.11 Å². The molecule has 3 aromatic rings. The fraction of sp³-hybridized carbons (Fsp3) is 0.250. The Labute approximate surface area is 176 Å². The molecule has 0 atom stereocenters. The Morgan fingerprint density at radius 1 is 1.21 bits per heavy atom. The van der Waals surface area contributed by atoms with Crippen LogP contribution in [0.1, 0.15) is 30.3 Å². The van der Waals surface area contributed by atoms with Crippen molar-refractivity contribution in [2.24, 2.45) is 5.10 Å². The van der Waals surface area contributed by atoms with Crippen LogP contribution in [0.15, 0.2) is 57.2 Å². The van der Waals surface area contributed by atoms with E-state index in [-0.39, 0.29) is 5.75 Å². The molecule has 1 N–H and O–H groups in total. The lowest BCUT2D eigenvalue weighted by molar-refractivity contribution is 0.373. The average molecular weight is 461 g/mol. The quantitative estimate of drug-likeness (QED) is 0.382. The number of methoxy groups -OCH3 is 1. The molecule has 0 aliphatic heterocycles. The largest absolute Gasteiger partial charge is 0.504 e. The lowest BCUT2D eigenvalue weighted by Crippen LogP contribution is -2.00. The van der Waals surface area contributed by atoms with Gasteiger partial charge < -0.3 is 9.84 Å². The SMILES string of the molecule is CCCc1nnc(SCc2ccc(Br)cc2)n1/N=C/c1ccc(O)c(OC)c1. The van der Waals surface area contributed by atoms with Gasteiger partial charge in [-0.05, 0) is 47.9 Å². The van der Waals surface area contributed by atoms with Crippen LogP contribution in [-0.4, -0.2) is 33.3 Å². The van der Waals surface area contributed by atoms with E-state index < -0.39 is 0 Å². The maximum atomic E-state index is 9.74. The predicted octanol–water partition coefficient (Wildman–Crippen LogP) is 4.88. The molecule has 2 aromatic carbocycles. The van der Waals surface area contributed by atoms with Gasteiger partial charge in [0.1, 0.15) is 0 Å². The third-order valence-corrected chi connectivity index (χ3v) is 5.48. The highest BCUT2D eigenvalue weighted by atomic mass is 79.9. The summed E-state index contributed by atoms with van der Waals surface area (Å²) in [4.78, 5) is 0. The van der Waals surface area contributed by atoms with Gasteiger partial charge in [-0.15, -0.1) is 10.2 Å². The van der Waals surface area contributed by atoms with Crippen molar-refractivity contribution in [3.63, 3.8) is 0 Å². The van der Waals surface area contributed by atoms with Gasteiger partial charge >= 0.3 is 0 Å². The number of ether oxygens (including phenoxy) is 1. The topological polar surface area (TPSA) is 72.5 Å². The Morgan fingerprint density at radius 3 is 2.71 bits per heavy atom. The van der Waals surface area contributed by atoms with Crippen LogP contribution in [0, 0.1) is 0 Å². The molecule has 0 bridgehead atoms. The number of phenols is 1. The molecule has 0 amide bonds. The minimum Gasteiger partial charge on any atom is -0.504 e. The summed E-state index contributed by atoms with van der Waals surface area (Å²) >= 11 is 5.05. The predicted molar refractivity (Wildman–Crippen MR) is 115 cm³/mol. The second-order valence-corrected chi connectivity index (χ2v) is 7.91. The van der Waals surface area contributed by atoms with E-state index in [1.165, 1.54) is 12.7 Å². The van der Waals surface area contributed by atoms with Crippen LogP contribution < -0.4 is 4.74 Å². The molecule has 0 unspecified atom stereocenters. The smallest absolute Gasteiger partial charge is 0.212 e. The van der Waals surface area contributed by atoms with Gasteiger partial charge in [0.2, 0.25) is 5.16 Å². The summed E-state index contributed by atoms with van der Waals surface area (Å²) in [5.74, 6) is 2.11. The molecule has 0 aliphatic rings. The zero-order chi connectivity index (χ0) is 19.9. The Bertz CT molecular complexity index is 957. The number of benzene rings is 2. The first-order chi connectivity index (χ1) is 13.6. The molecule has 6 nitrogen and oxygen atoms in total. The molecule has 28 heavy (non-hydrogen) atoms. The summed E-state index contributed by atoms with van der Waals surface area (Å²) in [7, 11) is 1.52. The number of aromatic hydroxyl groups is 1. The average Bonchev–Trinajstić information content (AvgIpc) is 3.09. The molecule has 0 saturated carbocycles. The third-order valence-electron chi connectivity index (χ3n) is 3.96. The first-order valence-electron chi connectivity index (χ1n) is 8.83. The van der Waals surface area contributed by atoms with Crippen molar-refractivity contribution in [3.05, 3.63) is 63.9 Å². The molecule has 3 rings (SSSR count). The van der Waals surface area contributed by atoms with Gasteiger partial charge in [-0.3, -0.25) is 0 Å². The van der Waals surface area contributed by atoms with Crippen LogP contribution in [0.25, 0.3) is 0 Å². The maximum absolute atomic E-state index is 9.74. The van der Waals surface area contributed by atoms with E-state index in [2.05, 4.69) is 50.3 Å². The molecule has 0 aliphatic carbocycles. The number of halogens is 1. The minimum absolute atomic E-state index is 0.0985. The number of nitrogens with zero attached hydrogens (tertiary/aromatic N) is 4. The Morgan fingerprint density at radius 2 is 2.00 bits per heavy atom. The first kappa shape index (κ1) is 20.4. The highest BCUT2D eigenvalue weighted by Crippen LogP contribution is 2.26. The lowest BCUT2D eigenvalue weighted by Gasteiger charge is -2.05. The normalized spacial score (nSPS) is 11.2. The van der Waals surface area contributed by atoms with Crippen molar-refractivity contribution in [3.8, 4) is 11.5 Å². The maximum Gasteiger partial charge on any atom is 0.212 e. The van der Waals surface area contributed by atoms with Crippen molar-refractivity contribution in [2.45, 2.75) is 30.7 Å². The van der Waals surface area contributed by atoms with Crippen LogP contribution >= 0.6 is 27.7 Å². The number of hydrogen-bond acceptors (Lipinski definition) is 6. The van der Waals surface area contributed by atoms with E-state index in [1.54, 1.807) is 40.9 Å². The second kappa shape index (κ2) is 9.75. The molecule has 0 radical (unpaired) electrons. The van der Waals surface area contributed by atoms with E-state index in [1.807, 2.05) is 12.1 Å². The Hall–Kier alpha value is -2.32. The zero-order valence-electron chi connectivity index (χ0n) is 15.7. The summed E-state index contributed by atoms with van der Waals surface area (Å²) in [6.45, 7) is 2.10. The minimum atomic E-state index is 0.0985. The van der Waals surface area contributed by atoms with Gasteiger partial charge in [-0.1, -0.05) is 46.7 Å². The molecular formula is C20H21BrN4O2S. The molecule has 8 heteroatoms.